The minimum absolute atomic E-state index is 0.117. The lowest BCUT2D eigenvalue weighted by Gasteiger charge is -2.22. The van der Waals surface area contributed by atoms with Crippen molar-refractivity contribution in [2.45, 2.75) is 62.8 Å². The second kappa shape index (κ2) is 6.84. The smallest absolute Gasteiger partial charge is 0.354 e. The number of benzene rings is 1. The Balaban J connectivity index is 1.49. The fourth-order valence-electron chi connectivity index (χ4n) is 4.70. The van der Waals surface area contributed by atoms with Gasteiger partial charge in [0, 0.05) is 12.1 Å². The fourth-order valence-corrected chi connectivity index (χ4v) is 5.70. The van der Waals surface area contributed by atoms with Crippen molar-refractivity contribution < 1.29 is 13.7 Å². The number of amides is 2. The number of urea groups is 1. The van der Waals surface area contributed by atoms with Gasteiger partial charge in [0.1, 0.15) is 4.90 Å². The van der Waals surface area contributed by atoms with Crippen LogP contribution in [0.2, 0.25) is 0 Å². The highest BCUT2D eigenvalue weighted by Crippen LogP contribution is 2.39. The molecule has 0 bridgehead atoms. The van der Waals surface area contributed by atoms with Gasteiger partial charge in [0.15, 0.2) is 9.92 Å². The summed E-state index contributed by atoms with van der Waals surface area (Å²) in [6.07, 6.45) is 8.34. The lowest BCUT2D eigenvalue weighted by molar-refractivity contribution is 0.196. The Morgan fingerprint density at radius 3 is 2.66 bits per heavy atom. The van der Waals surface area contributed by atoms with E-state index in [1.807, 2.05) is 6.92 Å². The van der Waals surface area contributed by atoms with E-state index in [2.05, 4.69) is 20.8 Å². The van der Waals surface area contributed by atoms with Crippen LogP contribution in [0.5, 0.6) is 5.88 Å². The van der Waals surface area contributed by atoms with Gasteiger partial charge in [-0.05, 0) is 67.7 Å². The Bertz CT molecular complexity index is 1100. The van der Waals surface area contributed by atoms with E-state index in [4.69, 9.17) is 9.88 Å². The molecule has 2 heterocycles. The Labute approximate surface area is 170 Å². The van der Waals surface area contributed by atoms with Crippen LogP contribution < -0.4 is 15.2 Å². The second-order valence-electron chi connectivity index (χ2n) is 8.07. The standard InChI is InChI=1S/C20H25N5O3S/c1-12-8-9-28-19-17(11-22-25(12)19)29(21,27)24-20(26)23-18-15-6-2-4-13(15)10-14-5-3-7-16(14)18/h10-12H,2-9H2,1H3,(H3,21,23,24,26,27)/t12-,29?/m1/s1. The zero-order valence-corrected chi connectivity index (χ0v) is 17.3. The van der Waals surface area contributed by atoms with E-state index in [-0.39, 0.29) is 10.9 Å². The van der Waals surface area contributed by atoms with Gasteiger partial charge in [-0.25, -0.2) is 18.8 Å². The third-order valence-electron chi connectivity index (χ3n) is 6.15. The number of nitrogens with two attached hydrogens (primary N) is 1. The lowest BCUT2D eigenvalue weighted by atomic mass is 9.99. The molecule has 0 radical (unpaired) electrons. The van der Waals surface area contributed by atoms with Crippen LogP contribution in [0.25, 0.3) is 0 Å². The van der Waals surface area contributed by atoms with Gasteiger partial charge in [-0.1, -0.05) is 6.07 Å². The molecule has 8 nitrogen and oxygen atoms in total. The van der Waals surface area contributed by atoms with E-state index in [1.165, 1.54) is 28.5 Å². The molecule has 0 saturated heterocycles. The topological polar surface area (TPSA) is 112 Å². The monoisotopic (exact) mass is 415 g/mol. The Hall–Kier alpha value is -2.39. The van der Waals surface area contributed by atoms with Gasteiger partial charge in [0.05, 0.1) is 18.8 Å². The lowest BCUT2D eigenvalue weighted by Crippen LogP contribution is -2.22. The highest BCUT2D eigenvalue weighted by Gasteiger charge is 2.28. The molecule has 1 aromatic carbocycles. The maximum Gasteiger partial charge on any atom is 0.354 e. The van der Waals surface area contributed by atoms with Crippen molar-refractivity contribution >= 4 is 21.6 Å². The first-order chi connectivity index (χ1) is 13.9. The first-order valence-corrected chi connectivity index (χ1v) is 11.7. The molecule has 0 fully saturated rings. The molecule has 1 unspecified atom stereocenters. The van der Waals surface area contributed by atoms with Crippen molar-refractivity contribution in [1.82, 2.24) is 9.78 Å². The van der Waals surface area contributed by atoms with Crippen LogP contribution in [-0.2, 0) is 35.6 Å². The second-order valence-corrected chi connectivity index (χ2v) is 9.83. The van der Waals surface area contributed by atoms with E-state index in [9.17, 15) is 9.00 Å². The molecule has 2 amide bonds. The number of carbonyl (C=O) groups excluding carboxylic acids is 1. The number of nitrogens with zero attached hydrogens (tertiary/aromatic N) is 3. The summed E-state index contributed by atoms with van der Waals surface area (Å²) in [6.45, 7) is 2.49. The van der Waals surface area contributed by atoms with Crippen molar-refractivity contribution in [3.8, 4) is 5.88 Å². The zero-order valence-electron chi connectivity index (χ0n) is 16.4. The highest BCUT2D eigenvalue weighted by molar-refractivity contribution is 7.91. The molecule has 2 atom stereocenters. The molecule has 29 heavy (non-hydrogen) atoms. The maximum atomic E-state index is 13.1. The summed E-state index contributed by atoms with van der Waals surface area (Å²) < 4.78 is 24.2. The molecule has 9 heteroatoms. The van der Waals surface area contributed by atoms with Crippen molar-refractivity contribution in [3.05, 3.63) is 34.5 Å². The molecule has 1 aliphatic heterocycles. The van der Waals surface area contributed by atoms with Crippen molar-refractivity contribution in [1.29, 1.82) is 0 Å². The summed E-state index contributed by atoms with van der Waals surface area (Å²) in [6, 6.07) is 1.73. The largest absolute Gasteiger partial charge is 0.477 e. The number of aryl methyl sites for hydroxylation is 2. The maximum absolute atomic E-state index is 13.1. The summed E-state index contributed by atoms with van der Waals surface area (Å²) >= 11 is 0. The van der Waals surface area contributed by atoms with Gasteiger partial charge in [-0.2, -0.15) is 5.10 Å². The predicted molar refractivity (Wildman–Crippen MR) is 110 cm³/mol. The average Bonchev–Trinajstić information content (AvgIpc) is 3.40. The fraction of sp³-hybridized carbons (Fsp3) is 0.500. The van der Waals surface area contributed by atoms with Crippen LogP contribution in [0.3, 0.4) is 0 Å². The van der Waals surface area contributed by atoms with E-state index < -0.39 is 15.9 Å². The van der Waals surface area contributed by atoms with Crippen LogP contribution in [0, 0.1) is 0 Å². The molecular weight excluding hydrogens is 390 g/mol. The van der Waals surface area contributed by atoms with Crippen molar-refractivity contribution in [2.24, 2.45) is 9.50 Å². The summed E-state index contributed by atoms with van der Waals surface area (Å²) in [5.74, 6) is 0.342. The molecular formula is C20H25N5O3S. The average molecular weight is 416 g/mol. The van der Waals surface area contributed by atoms with Gasteiger partial charge < -0.3 is 10.1 Å². The molecule has 2 aliphatic carbocycles. The van der Waals surface area contributed by atoms with Gasteiger partial charge in [0.2, 0.25) is 5.88 Å². The molecule has 5 rings (SSSR count). The van der Waals surface area contributed by atoms with Crippen LogP contribution in [-0.4, -0.2) is 26.6 Å². The number of aromatic nitrogens is 2. The molecule has 2 aromatic rings. The summed E-state index contributed by atoms with van der Waals surface area (Å²) in [4.78, 5) is 12.9. The number of carbonyl (C=O) groups is 1. The molecule has 1 aromatic heterocycles. The third kappa shape index (κ3) is 3.12. The quantitative estimate of drug-likeness (QED) is 0.785. The van der Waals surface area contributed by atoms with Gasteiger partial charge in [-0.3, -0.25) is 0 Å². The number of ether oxygens (including phenoxy) is 1. The SMILES string of the molecule is C[C@@H]1CCOc2c(S(N)(=O)=NC(=O)Nc3c4c(cc5c3CCC5)CCC4)cnn21. The van der Waals surface area contributed by atoms with Gasteiger partial charge >= 0.3 is 6.03 Å². The third-order valence-corrected chi connectivity index (χ3v) is 7.50. The summed E-state index contributed by atoms with van der Waals surface area (Å²) in [7, 11) is -3.47. The number of nitrogens with one attached hydrogen (secondary N) is 1. The molecule has 3 N–H and O–H groups in total. The number of anilines is 1. The minimum Gasteiger partial charge on any atom is -0.477 e. The number of rotatable bonds is 2. The molecule has 3 aliphatic rings. The van der Waals surface area contributed by atoms with E-state index in [0.29, 0.717) is 12.5 Å². The predicted octanol–water partition coefficient (Wildman–Crippen LogP) is 3.14. The first kappa shape index (κ1) is 18.6. The Kier molecular flexibility index (Phi) is 4.40. The van der Waals surface area contributed by atoms with Gasteiger partial charge in [-0.15, -0.1) is 4.36 Å². The Morgan fingerprint density at radius 2 is 1.97 bits per heavy atom. The molecule has 154 valence electrons. The van der Waals surface area contributed by atoms with Crippen LogP contribution in [0.15, 0.2) is 21.5 Å². The van der Waals surface area contributed by atoms with E-state index >= 15 is 0 Å². The minimum atomic E-state index is -3.47. The van der Waals surface area contributed by atoms with Crippen LogP contribution >= 0.6 is 0 Å². The van der Waals surface area contributed by atoms with Crippen molar-refractivity contribution in [2.75, 3.05) is 11.9 Å². The normalized spacial score (nSPS) is 21.5. The summed E-state index contributed by atoms with van der Waals surface area (Å²) in [5.41, 5.74) is 5.86. The summed E-state index contributed by atoms with van der Waals surface area (Å²) in [5, 5.41) is 13.1. The zero-order chi connectivity index (χ0) is 20.2. The van der Waals surface area contributed by atoms with Crippen molar-refractivity contribution in [3.63, 3.8) is 0 Å². The van der Waals surface area contributed by atoms with Crippen LogP contribution in [0.1, 0.15) is 54.5 Å². The number of hydrogen-bond acceptors (Lipinski definition) is 4. The number of fused-ring (bicyclic) bond motifs is 3. The van der Waals surface area contributed by atoms with Gasteiger partial charge in [0.25, 0.3) is 0 Å². The van der Waals surface area contributed by atoms with Crippen LogP contribution in [0.4, 0.5) is 10.5 Å². The van der Waals surface area contributed by atoms with E-state index in [1.54, 1.807) is 4.68 Å². The highest BCUT2D eigenvalue weighted by atomic mass is 32.2. The molecule has 0 saturated carbocycles. The molecule has 0 spiro atoms. The number of hydrogen-bond donors (Lipinski definition) is 2. The Morgan fingerprint density at radius 1 is 1.28 bits per heavy atom. The first-order valence-electron chi connectivity index (χ1n) is 10.2. The van der Waals surface area contributed by atoms with E-state index in [0.717, 1.165) is 50.6 Å².